The third-order valence-electron chi connectivity index (χ3n) is 1.83. The normalized spacial score (nSPS) is 12.9. The van der Waals surface area contributed by atoms with Crippen LogP contribution < -0.4 is 0 Å². The highest BCUT2D eigenvalue weighted by atomic mass is 35.5. The molecule has 3 heteroatoms. The second kappa shape index (κ2) is 4.58. The Kier molecular flexibility index (Phi) is 3.70. The zero-order valence-corrected chi connectivity index (χ0v) is 8.18. The molecule has 0 aliphatic heterocycles. The smallest absolute Gasteiger partial charge is 0.142 e. The third kappa shape index (κ3) is 3.33. The lowest BCUT2D eigenvalue weighted by Crippen LogP contribution is -2.01. The number of aliphatic hydroxyl groups excluding tert-OH is 1. The summed E-state index contributed by atoms with van der Waals surface area (Å²) in [4.78, 5) is 0. The Morgan fingerprint density at radius 2 is 2.23 bits per heavy atom. The maximum absolute atomic E-state index is 12.9. The summed E-state index contributed by atoms with van der Waals surface area (Å²) < 4.78 is 12.9. The molecule has 1 aromatic carbocycles. The number of aryl methyl sites for hydroxylation is 1. The van der Waals surface area contributed by atoms with E-state index in [0.29, 0.717) is 12.8 Å². The van der Waals surface area contributed by atoms with Crippen LogP contribution in [0, 0.1) is 5.82 Å². The minimum atomic E-state index is -0.398. The molecule has 0 radical (unpaired) electrons. The van der Waals surface area contributed by atoms with E-state index in [1.54, 1.807) is 13.0 Å². The molecule has 13 heavy (non-hydrogen) atoms. The zero-order valence-electron chi connectivity index (χ0n) is 7.43. The van der Waals surface area contributed by atoms with Crippen LogP contribution in [0.4, 0.5) is 4.39 Å². The van der Waals surface area contributed by atoms with Gasteiger partial charge in [0.1, 0.15) is 5.82 Å². The summed E-state index contributed by atoms with van der Waals surface area (Å²) >= 11 is 5.52. The van der Waals surface area contributed by atoms with Crippen LogP contribution in [0.1, 0.15) is 18.9 Å². The molecule has 1 nitrogen and oxygen atoms in total. The van der Waals surface area contributed by atoms with E-state index in [2.05, 4.69) is 0 Å². The van der Waals surface area contributed by atoms with Gasteiger partial charge in [-0.05, 0) is 37.5 Å². The Morgan fingerprint density at radius 1 is 1.54 bits per heavy atom. The Balaban J connectivity index is 2.63. The Hall–Kier alpha value is -0.600. The van der Waals surface area contributed by atoms with Crippen molar-refractivity contribution in [3.63, 3.8) is 0 Å². The first-order valence-electron chi connectivity index (χ1n) is 4.21. The molecule has 0 saturated carbocycles. The van der Waals surface area contributed by atoms with Crippen LogP contribution in [0.5, 0.6) is 0 Å². The molecule has 0 saturated heterocycles. The van der Waals surface area contributed by atoms with Crippen LogP contribution >= 0.6 is 11.6 Å². The molecule has 72 valence electrons. The van der Waals surface area contributed by atoms with Gasteiger partial charge in [-0.15, -0.1) is 0 Å². The van der Waals surface area contributed by atoms with Crippen LogP contribution in [0.15, 0.2) is 18.2 Å². The molecule has 1 unspecified atom stereocenters. The van der Waals surface area contributed by atoms with Crippen molar-refractivity contribution in [2.45, 2.75) is 25.9 Å². The molecule has 1 N–H and O–H groups in total. The van der Waals surface area contributed by atoms with Gasteiger partial charge >= 0.3 is 0 Å². The molecule has 1 atom stereocenters. The molecule has 0 bridgehead atoms. The summed E-state index contributed by atoms with van der Waals surface area (Å²) in [5.41, 5.74) is 0.864. The Morgan fingerprint density at radius 3 is 2.77 bits per heavy atom. The number of hydrogen-bond donors (Lipinski definition) is 1. The Bertz CT molecular complexity index is 286. The lowest BCUT2D eigenvalue weighted by atomic mass is 10.1. The maximum Gasteiger partial charge on any atom is 0.142 e. The third-order valence-corrected chi connectivity index (χ3v) is 2.14. The molecule has 0 aromatic heterocycles. The predicted octanol–water partition coefficient (Wildman–Crippen LogP) is 2.79. The van der Waals surface area contributed by atoms with E-state index in [4.69, 9.17) is 16.7 Å². The van der Waals surface area contributed by atoms with Gasteiger partial charge in [0, 0.05) is 0 Å². The average Bonchev–Trinajstić information content (AvgIpc) is 2.07. The first-order valence-corrected chi connectivity index (χ1v) is 4.59. The van der Waals surface area contributed by atoms with Gasteiger partial charge in [-0.3, -0.25) is 0 Å². The van der Waals surface area contributed by atoms with Gasteiger partial charge in [-0.1, -0.05) is 17.7 Å². The minimum absolute atomic E-state index is 0.140. The lowest BCUT2D eigenvalue weighted by molar-refractivity contribution is 0.185. The van der Waals surface area contributed by atoms with Crippen LogP contribution in [0.2, 0.25) is 5.02 Å². The monoisotopic (exact) mass is 202 g/mol. The summed E-state index contributed by atoms with van der Waals surface area (Å²) in [6.45, 7) is 1.71. The second-order valence-corrected chi connectivity index (χ2v) is 3.54. The molecule has 0 aliphatic rings. The number of aliphatic hydroxyl groups is 1. The molecule has 0 aliphatic carbocycles. The summed E-state index contributed by atoms with van der Waals surface area (Å²) in [6, 6.07) is 4.72. The minimum Gasteiger partial charge on any atom is -0.393 e. The summed E-state index contributed by atoms with van der Waals surface area (Å²) in [7, 11) is 0. The topological polar surface area (TPSA) is 20.2 Å². The molecular weight excluding hydrogens is 191 g/mol. The van der Waals surface area contributed by atoms with Crippen LogP contribution in [-0.2, 0) is 6.42 Å². The Labute approximate surface area is 82.2 Å². The molecule has 0 spiro atoms. The molecular formula is C10H12ClFO. The molecule has 1 rings (SSSR count). The number of rotatable bonds is 3. The van der Waals surface area contributed by atoms with Crippen LogP contribution in [-0.4, -0.2) is 11.2 Å². The number of benzene rings is 1. The summed E-state index contributed by atoms with van der Waals surface area (Å²) in [6.07, 6.45) is 0.964. The lowest BCUT2D eigenvalue weighted by Gasteiger charge is -2.04. The predicted molar refractivity (Wildman–Crippen MR) is 51.4 cm³/mol. The molecule has 0 heterocycles. The highest BCUT2D eigenvalue weighted by molar-refractivity contribution is 6.30. The van der Waals surface area contributed by atoms with Crippen molar-refractivity contribution in [2.24, 2.45) is 0 Å². The zero-order chi connectivity index (χ0) is 9.84. The van der Waals surface area contributed by atoms with Crippen molar-refractivity contribution in [1.29, 1.82) is 0 Å². The fraction of sp³-hybridized carbons (Fsp3) is 0.400. The van der Waals surface area contributed by atoms with Gasteiger partial charge in [0.2, 0.25) is 0 Å². The van der Waals surface area contributed by atoms with Crippen LogP contribution in [0.3, 0.4) is 0 Å². The van der Waals surface area contributed by atoms with E-state index in [0.717, 1.165) is 5.56 Å². The van der Waals surface area contributed by atoms with E-state index in [-0.39, 0.29) is 11.1 Å². The quantitative estimate of drug-likeness (QED) is 0.799. The van der Waals surface area contributed by atoms with Gasteiger partial charge in [0.25, 0.3) is 0 Å². The van der Waals surface area contributed by atoms with Gasteiger partial charge in [-0.25, -0.2) is 4.39 Å². The SMILES string of the molecule is CC(O)CCc1ccc(Cl)c(F)c1. The van der Waals surface area contributed by atoms with Gasteiger partial charge in [0.05, 0.1) is 11.1 Å². The van der Waals surface area contributed by atoms with Gasteiger partial charge in [0.15, 0.2) is 0 Å². The van der Waals surface area contributed by atoms with Gasteiger partial charge < -0.3 is 5.11 Å². The summed E-state index contributed by atoms with van der Waals surface area (Å²) in [5, 5.41) is 9.16. The first-order chi connectivity index (χ1) is 6.09. The van der Waals surface area contributed by atoms with Gasteiger partial charge in [-0.2, -0.15) is 0 Å². The second-order valence-electron chi connectivity index (χ2n) is 3.14. The number of hydrogen-bond acceptors (Lipinski definition) is 1. The van der Waals surface area contributed by atoms with E-state index >= 15 is 0 Å². The van der Waals surface area contributed by atoms with Crippen LogP contribution in [0.25, 0.3) is 0 Å². The molecule has 1 aromatic rings. The first kappa shape index (κ1) is 10.5. The highest BCUT2D eigenvalue weighted by Crippen LogP contribution is 2.16. The number of halogens is 2. The van der Waals surface area contributed by atoms with E-state index < -0.39 is 5.82 Å². The fourth-order valence-corrected chi connectivity index (χ4v) is 1.19. The van der Waals surface area contributed by atoms with Crippen molar-refractivity contribution < 1.29 is 9.50 Å². The van der Waals surface area contributed by atoms with Crippen molar-refractivity contribution in [3.05, 3.63) is 34.6 Å². The van der Waals surface area contributed by atoms with Crippen molar-refractivity contribution in [2.75, 3.05) is 0 Å². The van der Waals surface area contributed by atoms with Crippen molar-refractivity contribution >= 4 is 11.6 Å². The maximum atomic E-state index is 12.9. The van der Waals surface area contributed by atoms with Crippen molar-refractivity contribution in [3.8, 4) is 0 Å². The molecule has 0 amide bonds. The standard InChI is InChI=1S/C10H12ClFO/c1-7(13)2-3-8-4-5-9(11)10(12)6-8/h4-7,13H,2-3H2,1H3. The fourth-order valence-electron chi connectivity index (χ4n) is 1.07. The van der Waals surface area contributed by atoms with E-state index in [1.165, 1.54) is 12.1 Å². The molecule has 0 fully saturated rings. The van der Waals surface area contributed by atoms with E-state index in [9.17, 15) is 4.39 Å². The average molecular weight is 203 g/mol. The largest absolute Gasteiger partial charge is 0.393 e. The van der Waals surface area contributed by atoms with E-state index in [1.807, 2.05) is 0 Å². The summed E-state index contributed by atoms with van der Waals surface area (Å²) in [5.74, 6) is -0.398. The van der Waals surface area contributed by atoms with Crippen molar-refractivity contribution in [1.82, 2.24) is 0 Å². The highest BCUT2D eigenvalue weighted by Gasteiger charge is 2.02.